The largest absolute Gasteiger partial charge is 0.350 e. The topological polar surface area (TPSA) is 55.1 Å². The maximum atomic E-state index is 12.1. The van der Waals surface area contributed by atoms with E-state index in [1.165, 1.54) is 25.7 Å². The Kier molecular flexibility index (Phi) is 7.19. The molecule has 1 rings (SSSR count). The molecule has 19 heavy (non-hydrogen) atoms. The van der Waals surface area contributed by atoms with Crippen LogP contribution in [0.2, 0.25) is 0 Å². The van der Waals surface area contributed by atoms with Crippen molar-refractivity contribution in [2.75, 3.05) is 0 Å². The van der Waals surface area contributed by atoms with Crippen molar-refractivity contribution in [1.82, 2.24) is 5.32 Å². The number of hydrogen-bond donors (Lipinski definition) is 2. The first kappa shape index (κ1) is 15.7. The average molecular weight is 262 g/mol. The molecule has 1 aromatic rings. The number of amides is 1. The van der Waals surface area contributed by atoms with Gasteiger partial charge in [0.1, 0.15) is 0 Å². The van der Waals surface area contributed by atoms with Crippen molar-refractivity contribution in [3.63, 3.8) is 0 Å². The first-order chi connectivity index (χ1) is 9.17. The van der Waals surface area contributed by atoms with Gasteiger partial charge in [0.25, 0.3) is 5.91 Å². The van der Waals surface area contributed by atoms with E-state index in [-0.39, 0.29) is 11.9 Å². The summed E-state index contributed by atoms with van der Waals surface area (Å²) in [5.74, 6) is -0.00158. The maximum Gasteiger partial charge on any atom is 0.251 e. The number of rotatable bonds is 8. The predicted octanol–water partition coefficient (Wildman–Crippen LogP) is 3.23. The highest BCUT2D eigenvalue weighted by Crippen LogP contribution is 2.08. The van der Waals surface area contributed by atoms with Gasteiger partial charge < -0.3 is 11.1 Å². The summed E-state index contributed by atoms with van der Waals surface area (Å²) in [4.78, 5) is 12.1. The summed E-state index contributed by atoms with van der Waals surface area (Å²) >= 11 is 0. The molecule has 0 radical (unpaired) electrons. The Labute approximate surface area is 116 Å². The van der Waals surface area contributed by atoms with Crippen LogP contribution in [0.1, 0.15) is 61.9 Å². The number of carbonyl (C=O) groups is 1. The first-order valence-electron chi connectivity index (χ1n) is 7.27. The van der Waals surface area contributed by atoms with Crippen LogP contribution < -0.4 is 11.1 Å². The van der Waals surface area contributed by atoms with E-state index >= 15 is 0 Å². The van der Waals surface area contributed by atoms with Gasteiger partial charge >= 0.3 is 0 Å². The van der Waals surface area contributed by atoms with Gasteiger partial charge in [-0.1, -0.05) is 44.7 Å². The van der Waals surface area contributed by atoms with Crippen molar-refractivity contribution in [1.29, 1.82) is 0 Å². The van der Waals surface area contributed by atoms with E-state index in [4.69, 9.17) is 5.73 Å². The fraction of sp³-hybridized carbons (Fsp3) is 0.562. The minimum absolute atomic E-state index is 0.00158. The molecule has 0 spiro atoms. The zero-order valence-corrected chi connectivity index (χ0v) is 12.1. The minimum Gasteiger partial charge on any atom is -0.350 e. The van der Waals surface area contributed by atoms with Crippen molar-refractivity contribution in [3.05, 3.63) is 35.4 Å². The third-order valence-electron chi connectivity index (χ3n) is 3.29. The predicted molar refractivity (Wildman–Crippen MR) is 80.0 cm³/mol. The number of unbranched alkanes of at least 4 members (excludes halogenated alkanes) is 3. The number of benzene rings is 1. The van der Waals surface area contributed by atoms with Crippen molar-refractivity contribution in [2.45, 2.75) is 58.5 Å². The van der Waals surface area contributed by atoms with E-state index in [1.54, 1.807) is 0 Å². The highest BCUT2D eigenvalue weighted by molar-refractivity contribution is 5.94. The molecular formula is C16H26N2O. The number of nitrogens with one attached hydrogen (secondary N) is 1. The fourth-order valence-corrected chi connectivity index (χ4v) is 2.10. The molecule has 0 heterocycles. The van der Waals surface area contributed by atoms with E-state index in [9.17, 15) is 4.79 Å². The molecule has 1 aromatic carbocycles. The van der Waals surface area contributed by atoms with Gasteiger partial charge in [-0.05, 0) is 31.0 Å². The molecule has 106 valence electrons. The van der Waals surface area contributed by atoms with Gasteiger partial charge in [-0.15, -0.1) is 0 Å². The molecular weight excluding hydrogens is 236 g/mol. The van der Waals surface area contributed by atoms with Crippen LogP contribution in [0.3, 0.4) is 0 Å². The Bertz CT molecular complexity index is 390. The third-order valence-corrected chi connectivity index (χ3v) is 3.29. The maximum absolute atomic E-state index is 12.1. The Morgan fingerprint density at radius 1 is 1.32 bits per heavy atom. The molecule has 0 saturated carbocycles. The second-order valence-corrected chi connectivity index (χ2v) is 5.13. The van der Waals surface area contributed by atoms with E-state index in [0.717, 1.165) is 12.0 Å². The molecule has 0 aromatic heterocycles. The molecule has 0 aliphatic carbocycles. The van der Waals surface area contributed by atoms with Crippen LogP contribution in [-0.2, 0) is 6.54 Å². The lowest BCUT2D eigenvalue weighted by Crippen LogP contribution is -2.32. The van der Waals surface area contributed by atoms with Gasteiger partial charge in [0.05, 0.1) is 0 Å². The zero-order chi connectivity index (χ0) is 14.1. The van der Waals surface area contributed by atoms with Gasteiger partial charge in [0, 0.05) is 18.2 Å². The minimum atomic E-state index is -0.00158. The number of carbonyl (C=O) groups excluding carboxylic acids is 1. The highest BCUT2D eigenvalue weighted by atomic mass is 16.1. The van der Waals surface area contributed by atoms with Crippen LogP contribution in [0, 0.1) is 0 Å². The van der Waals surface area contributed by atoms with Gasteiger partial charge in [0.2, 0.25) is 0 Å². The summed E-state index contributed by atoms with van der Waals surface area (Å²) in [5.41, 5.74) is 7.27. The van der Waals surface area contributed by atoms with Crippen LogP contribution in [0.25, 0.3) is 0 Å². The van der Waals surface area contributed by atoms with Crippen LogP contribution in [-0.4, -0.2) is 11.9 Å². The van der Waals surface area contributed by atoms with Gasteiger partial charge in [0.15, 0.2) is 0 Å². The quantitative estimate of drug-likeness (QED) is 0.707. The van der Waals surface area contributed by atoms with Gasteiger partial charge in [-0.3, -0.25) is 4.79 Å². The molecule has 3 nitrogen and oxygen atoms in total. The Morgan fingerprint density at radius 2 is 2.11 bits per heavy atom. The van der Waals surface area contributed by atoms with Crippen LogP contribution in [0.4, 0.5) is 0 Å². The van der Waals surface area contributed by atoms with E-state index < -0.39 is 0 Å². The zero-order valence-electron chi connectivity index (χ0n) is 12.1. The van der Waals surface area contributed by atoms with E-state index in [0.29, 0.717) is 12.1 Å². The Balaban J connectivity index is 2.40. The summed E-state index contributed by atoms with van der Waals surface area (Å²) in [6, 6.07) is 7.73. The first-order valence-corrected chi connectivity index (χ1v) is 7.27. The molecule has 0 aliphatic heterocycles. The molecule has 1 atom stereocenters. The van der Waals surface area contributed by atoms with Crippen LogP contribution in [0.5, 0.6) is 0 Å². The molecule has 1 unspecified atom stereocenters. The van der Waals surface area contributed by atoms with E-state index in [1.807, 2.05) is 24.3 Å². The summed E-state index contributed by atoms with van der Waals surface area (Å²) in [6.07, 6.45) is 5.99. The molecule has 1 amide bonds. The molecule has 3 heteroatoms. The third kappa shape index (κ3) is 5.88. The second kappa shape index (κ2) is 8.70. The Morgan fingerprint density at radius 3 is 2.79 bits per heavy atom. The summed E-state index contributed by atoms with van der Waals surface area (Å²) in [5, 5.41) is 3.04. The molecule has 0 fully saturated rings. The fourth-order valence-electron chi connectivity index (χ4n) is 2.10. The summed E-state index contributed by atoms with van der Waals surface area (Å²) in [7, 11) is 0. The number of hydrogen-bond acceptors (Lipinski definition) is 2. The summed E-state index contributed by atoms with van der Waals surface area (Å²) < 4.78 is 0. The molecule has 0 bridgehead atoms. The van der Waals surface area contributed by atoms with Crippen LogP contribution in [0.15, 0.2) is 24.3 Å². The van der Waals surface area contributed by atoms with Crippen molar-refractivity contribution in [2.24, 2.45) is 5.73 Å². The normalized spacial score (nSPS) is 12.2. The lowest BCUT2D eigenvalue weighted by molar-refractivity contribution is 0.0938. The summed E-state index contributed by atoms with van der Waals surface area (Å²) in [6.45, 7) is 4.74. The molecule has 0 aliphatic rings. The van der Waals surface area contributed by atoms with Crippen molar-refractivity contribution < 1.29 is 4.79 Å². The average Bonchev–Trinajstić information content (AvgIpc) is 2.43. The van der Waals surface area contributed by atoms with Crippen LogP contribution >= 0.6 is 0 Å². The lowest BCUT2D eigenvalue weighted by atomic mass is 10.1. The van der Waals surface area contributed by atoms with Gasteiger partial charge in [-0.25, -0.2) is 0 Å². The highest BCUT2D eigenvalue weighted by Gasteiger charge is 2.09. The lowest BCUT2D eigenvalue weighted by Gasteiger charge is -2.14. The SMILES string of the molecule is CCCCCCC(C)NC(=O)c1cccc(CN)c1. The second-order valence-electron chi connectivity index (χ2n) is 5.13. The van der Waals surface area contributed by atoms with Crippen molar-refractivity contribution in [3.8, 4) is 0 Å². The molecule has 0 saturated heterocycles. The molecule has 3 N–H and O–H groups in total. The van der Waals surface area contributed by atoms with Crippen molar-refractivity contribution >= 4 is 5.91 Å². The van der Waals surface area contributed by atoms with Gasteiger partial charge in [-0.2, -0.15) is 0 Å². The standard InChI is InChI=1S/C16H26N2O/c1-3-4-5-6-8-13(2)18-16(19)15-10-7-9-14(11-15)12-17/h7,9-11,13H,3-6,8,12,17H2,1-2H3,(H,18,19). The van der Waals surface area contributed by atoms with E-state index in [2.05, 4.69) is 19.2 Å². The Hall–Kier alpha value is -1.35. The monoisotopic (exact) mass is 262 g/mol. The number of nitrogens with two attached hydrogens (primary N) is 1. The smallest absolute Gasteiger partial charge is 0.251 e.